The summed E-state index contributed by atoms with van der Waals surface area (Å²) in [4.78, 5) is 14.4. The third-order valence-corrected chi connectivity index (χ3v) is 4.11. The predicted octanol–water partition coefficient (Wildman–Crippen LogP) is 2.67. The molecular formula is C19H15N3O2. The Balaban J connectivity index is 1.90. The van der Waals surface area contributed by atoms with Crippen molar-refractivity contribution in [1.29, 1.82) is 0 Å². The highest BCUT2D eigenvalue weighted by Gasteiger charge is 2.12. The molecule has 2 N–H and O–H groups in total. The topological polar surface area (TPSA) is 77.8 Å². The number of nitrogens with one attached hydrogen (secondary N) is 1. The molecule has 0 saturated heterocycles. The van der Waals surface area contributed by atoms with Gasteiger partial charge in [0.2, 0.25) is 0 Å². The molecule has 1 aromatic heterocycles. The van der Waals surface area contributed by atoms with E-state index in [4.69, 9.17) is 0 Å². The minimum atomic E-state index is 0.0855. The molecule has 0 bridgehead atoms. The fourth-order valence-corrected chi connectivity index (χ4v) is 3.01. The zero-order chi connectivity index (χ0) is 16.7. The van der Waals surface area contributed by atoms with Crippen LogP contribution in [0.15, 0.2) is 46.6 Å². The molecule has 0 saturated carbocycles. The van der Waals surface area contributed by atoms with Crippen LogP contribution in [0.2, 0.25) is 0 Å². The van der Waals surface area contributed by atoms with Crippen LogP contribution < -0.4 is 10.4 Å². The number of azo groups is 1. The maximum absolute atomic E-state index is 11.4. The van der Waals surface area contributed by atoms with Gasteiger partial charge in [0, 0.05) is 22.6 Å². The average Bonchev–Trinajstić information content (AvgIpc) is 3.13. The molecule has 0 amide bonds. The summed E-state index contributed by atoms with van der Waals surface area (Å²) in [6.07, 6.45) is 3.96. The Kier molecular flexibility index (Phi) is 3.27. The van der Waals surface area contributed by atoms with Crippen LogP contribution in [-0.2, 0) is 11.2 Å². The van der Waals surface area contributed by atoms with Crippen LogP contribution in [-0.4, -0.2) is 15.9 Å². The number of carbonyl (C=O) groups is 1. The van der Waals surface area contributed by atoms with E-state index in [1.165, 1.54) is 0 Å². The highest BCUT2D eigenvalue weighted by molar-refractivity contribution is 5.95. The number of hydrogen-bond acceptors (Lipinski definition) is 4. The van der Waals surface area contributed by atoms with E-state index in [9.17, 15) is 9.90 Å². The largest absolute Gasteiger partial charge is 0.494 e. The van der Waals surface area contributed by atoms with Crippen LogP contribution in [0.25, 0.3) is 23.2 Å². The molecule has 0 fully saturated rings. The second-order valence-corrected chi connectivity index (χ2v) is 5.91. The third-order valence-electron chi connectivity index (χ3n) is 4.11. The summed E-state index contributed by atoms with van der Waals surface area (Å²) in [5.74, 6) is 0.178. The molecule has 1 aliphatic rings. The number of nitrogens with zero attached hydrogens (tertiary/aromatic N) is 2. The first-order valence-corrected chi connectivity index (χ1v) is 7.66. The molecule has 5 heteroatoms. The lowest BCUT2D eigenvalue weighted by Gasteiger charge is -2.00. The van der Waals surface area contributed by atoms with E-state index in [0.717, 1.165) is 32.6 Å². The molecule has 0 spiro atoms. The Labute approximate surface area is 137 Å². The zero-order valence-electron chi connectivity index (χ0n) is 13.1. The lowest BCUT2D eigenvalue weighted by atomic mass is 10.0. The monoisotopic (exact) mass is 317 g/mol. The molecule has 1 aliphatic heterocycles. The van der Waals surface area contributed by atoms with E-state index < -0.39 is 0 Å². The van der Waals surface area contributed by atoms with Crippen molar-refractivity contribution in [3.63, 3.8) is 0 Å². The van der Waals surface area contributed by atoms with E-state index in [-0.39, 0.29) is 11.7 Å². The molecule has 4 rings (SSSR count). The quantitative estimate of drug-likeness (QED) is 0.779. The summed E-state index contributed by atoms with van der Waals surface area (Å²) in [7, 11) is 0. The van der Waals surface area contributed by atoms with Gasteiger partial charge in [-0.05, 0) is 29.8 Å². The molecule has 0 radical (unpaired) electrons. The maximum atomic E-state index is 11.4. The van der Waals surface area contributed by atoms with Gasteiger partial charge in [-0.25, -0.2) is 0 Å². The predicted molar refractivity (Wildman–Crippen MR) is 92.6 cm³/mol. The van der Waals surface area contributed by atoms with Gasteiger partial charge in [-0.15, -0.1) is 0 Å². The number of benzene rings is 2. The van der Waals surface area contributed by atoms with Crippen LogP contribution in [0.3, 0.4) is 0 Å². The van der Waals surface area contributed by atoms with Gasteiger partial charge in [-0.1, -0.05) is 30.3 Å². The van der Waals surface area contributed by atoms with E-state index in [0.29, 0.717) is 12.0 Å². The summed E-state index contributed by atoms with van der Waals surface area (Å²) >= 11 is 0. The molecule has 0 aliphatic carbocycles. The van der Waals surface area contributed by atoms with Crippen LogP contribution in [0.1, 0.15) is 18.1 Å². The number of ketones is 1. The van der Waals surface area contributed by atoms with Crippen molar-refractivity contribution in [3.05, 3.63) is 58.0 Å². The second-order valence-electron chi connectivity index (χ2n) is 5.91. The first kappa shape index (κ1) is 14.4. The van der Waals surface area contributed by atoms with Gasteiger partial charge in [0.05, 0.1) is 17.4 Å². The van der Waals surface area contributed by atoms with Crippen LogP contribution in [0.5, 0.6) is 5.88 Å². The van der Waals surface area contributed by atoms with E-state index in [1.807, 2.05) is 42.5 Å². The summed E-state index contributed by atoms with van der Waals surface area (Å²) in [5.41, 5.74) is 3.20. The second kappa shape index (κ2) is 5.45. The molecule has 2 heterocycles. The number of carbonyl (C=O) groups excluding carboxylic acids is 1. The molecule has 0 atom stereocenters. The molecule has 0 unspecified atom stereocenters. The van der Waals surface area contributed by atoms with Crippen molar-refractivity contribution >= 4 is 34.6 Å². The fourth-order valence-electron chi connectivity index (χ4n) is 3.01. The Morgan fingerprint density at radius 2 is 2.17 bits per heavy atom. The van der Waals surface area contributed by atoms with Crippen molar-refractivity contribution in [2.45, 2.75) is 13.3 Å². The zero-order valence-corrected chi connectivity index (χ0v) is 13.1. The van der Waals surface area contributed by atoms with Gasteiger partial charge < -0.3 is 10.1 Å². The lowest BCUT2D eigenvalue weighted by Crippen LogP contribution is -2.06. The number of aromatic amines is 1. The molecule has 2 aromatic carbocycles. The number of aromatic nitrogens is 1. The normalized spacial score (nSPS) is 13.3. The van der Waals surface area contributed by atoms with Crippen LogP contribution in [0.4, 0.5) is 5.69 Å². The van der Waals surface area contributed by atoms with Crippen molar-refractivity contribution < 1.29 is 9.90 Å². The average molecular weight is 317 g/mol. The number of fused-ring (bicyclic) bond motifs is 2. The van der Waals surface area contributed by atoms with Gasteiger partial charge in [0.15, 0.2) is 5.88 Å². The lowest BCUT2D eigenvalue weighted by molar-refractivity contribution is -0.116. The smallest absolute Gasteiger partial charge is 0.196 e. The number of Topliss-reactive ketones (excluding diaryl/α,β-unsaturated/α-hetero) is 1. The minimum Gasteiger partial charge on any atom is -0.494 e. The van der Waals surface area contributed by atoms with Gasteiger partial charge in [-0.3, -0.25) is 4.79 Å². The maximum Gasteiger partial charge on any atom is 0.196 e. The molecule has 24 heavy (non-hydrogen) atoms. The van der Waals surface area contributed by atoms with Gasteiger partial charge >= 0.3 is 0 Å². The third kappa shape index (κ3) is 2.40. The van der Waals surface area contributed by atoms with Crippen molar-refractivity contribution in [2.24, 2.45) is 10.2 Å². The summed E-state index contributed by atoms with van der Waals surface area (Å²) in [6, 6.07) is 11.6. The van der Waals surface area contributed by atoms with Gasteiger partial charge in [0.1, 0.15) is 5.78 Å². The van der Waals surface area contributed by atoms with Gasteiger partial charge in [-0.2, -0.15) is 10.2 Å². The number of para-hydroxylation sites is 1. The SMILES string of the molecule is CC(=O)Cc1cccc2c(C=c3ccc4c(c3)N=NC=4)c(O)[nH]c12. The van der Waals surface area contributed by atoms with Crippen LogP contribution >= 0.6 is 0 Å². The highest BCUT2D eigenvalue weighted by atomic mass is 16.3. The number of hydrogen-bond donors (Lipinski definition) is 2. The van der Waals surface area contributed by atoms with E-state index in [1.54, 1.807) is 13.1 Å². The number of aromatic hydroxyl groups is 1. The van der Waals surface area contributed by atoms with Crippen molar-refractivity contribution in [3.8, 4) is 5.88 Å². The van der Waals surface area contributed by atoms with E-state index >= 15 is 0 Å². The Hall–Kier alpha value is -3.21. The Morgan fingerprint density at radius 3 is 3.00 bits per heavy atom. The number of H-pyrrole nitrogens is 1. The molecule has 5 nitrogen and oxygen atoms in total. The Bertz CT molecular complexity index is 1120. The number of rotatable bonds is 3. The van der Waals surface area contributed by atoms with E-state index in [2.05, 4.69) is 15.2 Å². The first-order valence-electron chi connectivity index (χ1n) is 7.66. The van der Waals surface area contributed by atoms with Gasteiger partial charge in [0.25, 0.3) is 0 Å². The van der Waals surface area contributed by atoms with Crippen molar-refractivity contribution in [2.75, 3.05) is 0 Å². The Morgan fingerprint density at radius 1 is 1.29 bits per heavy atom. The standard InChI is InChI=1S/C19H15N3O2/c1-11(23)7-13-3-2-4-15-16(19(24)21-18(13)15)8-12-5-6-14-10-20-22-17(14)9-12/h2-6,8-10,21,24H,7H2,1H3. The molecular weight excluding hydrogens is 302 g/mol. The van der Waals surface area contributed by atoms with Crippen LogP contribution in [0, 0.1) is 0 Å². The fraction of sp³-hybridized carbons (Fsp3) is 0.105. The molecule has 118 valence electrons. The first-order chi connectivity index (χ1) is 11.6. The highest BCUT2D eigenvalue weighted by Crippen LogP contribution is 2.30. The summed E-state index contributed by atoms with van der Waals surface area (Å²) in [6.45, 7) is 1.56. The summed E-state index contributed by atoms with van der Waals surface area (Å²) < 4.78 is 0. The summed E-state index contributed by atoms with van der Waals surface area (Å²) in [5, 5.41) is 21.1. The molecule has 3 aromatic rings. The minimum absolute atomic E-state index is 0.0855. The van der Waals surface area contributed by atoms with Crippen molar-refractivity contribution in [1.82, 2.24) is 4.98 Å².